The molecule has 1 aliphatic heterocycles. The van der Waals surface area contributed by atoms with Crippen LogP contribution in [-0.4, -0.2) is 66.4 Å². The molecule has 1 fully saturated rings. The number of aromatic nitrogens is 2. The third-order valence-corrected chi connectivity index (χ3v) is 7.16. The number of carbonyl (C=O) groups excluding carboxylic acids is 1. The maximum Gasteiger partial charge on any atom is 0.275 e. The van der Waals surface area contributed by atoms with E-state index in [0.29, 0.717) is 45.4 Å². The van der Waals surface area contributed by atoms with Crippen molar-refractivity contribution in [2.75, 3.05) is 56.2 Å². The molecule has 9 nitrogen and oxygen atoms in total. The van der Waals surface area contributed by atoms with Crippen molar-refractivity contribution in [3.63, 3.8) is 0 Å². The molecule has 2 aromatic heterocycles. The van der Waals surface area contributed by atoms with Gasteiger partial charge in [0.05, 0.1) is 19.8 Å². The second-order valence-electron chi connectivity index (χ2n) is 8.98. The van der Waals surface area contributed by atoms with Crippen LogP contribution in [0.2, 0.25) is 0 Å². The van der Waals surface area contributed by atoms with Crippen LogP contribution >= 0.6 is 11.3 Å². The molecular weight excluding hydrogens is 517 g/mol. The normalized spacial score (nSPS) is 14.1. The van der Waals surface area contributed by atoms with E-state index < -0.39 is 0 Å². The predicted octanol–water partition coefficient (Wildman–Crippen LogP) is 4.18. The topological polar surface area (TPSA) is 132 Å². The summed E-state index contributed by atoms with van der Waals surface area (Å²) in [6.07, 6.45) is 3.31. The van der Waals surface area contributed by atoms with Crippen molar-refractivity contribution >= 4 is 40.7 Å². The molecule has 2 aromatic carbocycles. The molecule has 200 valence electrons. The number of hydrogen-bond donors (Lipinski definition) is 3. The highest BCUT2D eigenvalue weighted by atomic mass is 32.1. The molecule has 1 aliphatic rings. The maximum atomic E-state index is 13.6. The number of nitrogens with zero attached hydrogens (tertiary/aromatic N) is 4. The number of ether oxygens (including phenoxy) is 1. The minimum absolute atomic E-state index is 0.257. The molecule has 0 unspecified atom stereocenters. The summed E-state index contributed by atoms with van der Waals surface area (Å²) in [5.74, 6) is -0.366. The number of thiazole rings is 1. The van der Waals surface area contributed by atoms with E-state index in [9.17, 15) is 9.18 Å². The van der Waals surface area contributed by atoms with E-state index in [1.807, 2.05) is 0 Å². The van der Waals surface area contributed by atoms with Crippen molar-refractivity contribution in [2.45, 2.75) is 0 Å². The summed E-state index contributed by atoms with van der Waals surface area (Å²) in [5, 5.41) is 5.30. The van der Waals surface area contributed by atoms with E-state index in [4.69, 9.17) is 16.2 Å². The number of carbonyl (C=O) groups is 1. The summed E-state index contributed by atoms with van der Waals surface area (Å²) in [6.45, 7) is 4.71. The lowest BCUT2D eigenvalue weighted by atomic mass is 10.00. The van der Waals surface area contributed by atoms with Crippen molar-refractivity contribution in [3.8, 4) is 21.7 Å². The van der Waals surface area contributed by atoms with Crippen LogP contribution in [-0.2, 0) is 4.74 Å². The van der Waals surface area contributed by atoms with Gasteiger partial charge in [0.1, 0.15) is 22.3 Å². The summed E-state index contributed by atoms with van der Waals surface area (Å²) in [7, 11) is 0. The van der Waals surface area contributed by atoms with Crippen LogP contribution in [0.15, 0.2) is 65.1 Å². The first-order chi connectivity index (χ1) is 19.0. The van der Waals surface area contributed by atoms with Crippen LogP contribution in [0.25, 0.3) is 21.7 Å². The van der Waals surface area contributed by atoms with Crippen molar-refractivity contribution in [1.29, 1.82) is 0 Å². The van der Waals surface area contributed by atoms with Gasteiger partial charge >= 0.3 is 0 Å². The number of rotatable bonds is 8. The average Bonchev–Trinajstić information content (AvgIpc) is 3.44. The van der Waals surface area contributed by atoms with E-state index in [-0.39, 0.29) is 17.4 Å². The molecule has 1 saturated heterocycles. The number of nitrogen functional groups attached to an aromatic ring is 2. The first-order valence-electron chi connectivity index (χ1n) is 12.4. The number of amides is 1. The van der Waals surface area contributed by atoms with Crippen LogP contribution in [0.5, 0.6) is 0 Å². The number of halogens is 1. The van der Waals surface area contributed by atoms with Gasteiger partial charge in [-0.15, -0.1) is 11.3 Å². The Labute approximate surface area is 229 Å². The molecule has 0 radical (unpaired) electrons. The quantitative estimate of drug-likeness (QED) is 0.224. The van der Waals surface area contributed by atoms with E-state index in [1.54, 1.807) is 54.2 Å². The molecule has 5 rings (SSSR count). The largest absolute Gasteiger partial charge is 0.398 e. The molecular formula is C28H28FN7O2S. The van der Waals surface area contributed by atoms with Gasteiger partial charge in [0.15, 0.2) is 0 Å². The van der Waals surface area contributed by atoms with Gasteiger partial charge in [0.2, 0.25) is 0 Å². The number of nitrogens with two attached hydrogens (primary N) is 2. The molecule has 0 spiro atoms. The maximum absolute atomic E-state index is 13.6. The third-order valence-electron chi connectivity index (χ3n) is 6.27. The van der Waals surface area contributed by atoms with Gasteiger partial charge in [-0.2, -0.15) is 0 Å². The minimum atomic E-state index is -0.386. The average molecular weight is 546 g/mol. The van der Waals surface area contributed by atoms with Crippen LogP contribution in [0, 0.1) is 5.82 Å². The second kappa shape index (κ2) is 12.1. The van der Waals surface area contributed by atoms with Gasteiger partial charge in [0, 0.05) is 65.5 Å². The number of anilines is 3. The fourth-order valence-electron chi connectivity index (χ4n) is 4.18. The number of nitrogens with one attached hydrogen (secondary N) is 1. The Morgan fingerprint density at radius 3 is 2.69 bits per heavy atom. The number of aliphatic imine (C=N–C) groups is 1. The summed E-state index contributed by atoms with van der Waals surface area (Å²) in [5.41, 5.74) is 16.2. The first-order valence-corrected chi connectivity index (χ1v) is 13.3. The molecule has 3 heterocycles. The number of pyridine rings is 1. The first kappa shape index (κ1) is 26.4. The van der Waals surface area contributed by atoms with E-state index in [1.165, 1.54) is 23.5 Å². The second-order valence-corrected chi connectivity index (χ2v) is 9.84. The minimum Gasteiger partial charge on any atom is -0.398 e. The molecule has 11 heteroatoms. The van der Waals surface area contributed by atoms with Crippen molar-refractivity contribution < 1.29 is 13.9 Å². The standard InChI is InChI=1S/C28H28FN7O2S/c29-21-3-1-18(2-4-21)22-15-23(30)20(16-32-7-8-36-9-11-38-12-10-36)13-24(22)34-27(37)25-17-39-28(35-25)19-5-6-33-26(31)14-19/h1-6,13-17H,7-12,30H2,(H2,31,33)(H,34,37). The molecule has 0 atom stereocenters. The summed E-state index contributed by atoms with van der Waals surface area (Å²) >= 11 is 1.33. The van der Waals surface area contributed by atoms with Crippen molar-refractivity contribution in [2.24, 2.45) is 4.99 Å². The monoisotopic (exact) mass is 545 g/mol. The predicted molar refractivity (Wildman–Crippen MR) is 154 cm³/mol. The summed E-state index contributed by atoms with van der Waals surface area (Å²) < 4.78 is 19.0. The van der Waals surface area contributed by atoms with Crippen molar-refractivity contribution in [1.82, 2.24) is 14.9 Å². The lowest BCUT2D eigenvalue weighted by Gasteiger charge is -2.25. The van der Waals surface area contributed by atoms with E-state index in [2.05, 4.69) is 25.2 Å². The van der Waals surface area contributed by atoms with Gasteiger partial charge in [-0.25, -0.2) is 14.4 Å². The highest BCUT2D eigenvalue weighted by Gasteiger charge is 2.17. The Morgan fingerprint density at radius 1 is 1.13 bits per heavy atom. The molecule has 39 heavy (non-hydrogen) atoms. The number of morpholine rings is 1. The molecule has 0 bridgehead atoms. The van der Waals surface area contributed by atoms with Crippen LogP contribution in [0.1, 0.15) is 16.1 Å². The van der Waals surface area contributed by atoms with Gasteiger partial charge in [-0.3, -0.25) is 14.7 Å². The molecule has 5 N–H and O–H groups in total. The summed E-state index contributed by atoms with van der Waals surface area (Å²) in [4.78, 5) is 28.6. The lowest BCUT2D eigenvalue weighted by molar-refractivity contribution is 0.0395. The fraction of sp³-hybridized carbons (Fsp3) is 0.214. The number of hydrogen-bond acceptors (Lipinski definition) is 9. The number of benzene rings is 2. The summed E-state index contributed by atoms with van der Waals surface area (Å²) in [6, 6.07) is 13.1. The van der Waals surface area contributed by atoms with Gasteiger partial charge in [0.25, 0.3) is 5.91 Å². The third kappa shape index (κ3) is 6.63. The molecule has 0 aliphatic carbocycles. The lowest BCUT2D eigenvalue weighted by Crippen LogP contribution is -2.37. The highest BCUT2D eigenvalue weighted by Crippen LogP contribution is 2.33. The Kier molecular flexibility index (Phi) is 8.21. The zero-order chi connectivity index (χ0) is 27.2. The zero-order valence-corrected chi connectivity index (χ0v) is 22.0. The van der Waals surface area contributed by atoms with Crippen LogP contribution < -0.4 is 16.8 Å². The van der Waals surface area contributed by atoms with Gasteiger partial charge < -0.3 is 21.5 Å². The Hall–Kier alpha value is -4.19. The smallest absolute Gasteiger partial charge is 0.275 e. The molecule has 0 saturated carbocycles. The van der Waals surface area contributed by atoms with E-state index >= 15 is 0 Å². The molecule has 4 aromatic rings. The highest BCUT2D eigenvalue weighted by molar-refractivity contribution is 7.13. The zero-order valence-electron chi connectivity index (χ0n) is 21.1. The van der Waals surface area contributed by atoms with Gasteiger partial charge in [-0.05, 0) is 42.0 Å². The van der Waals surface area contributed by atoms with Gasteiger partial charge in [-0.1, -0.05) is 12.1 Å². The Balaban J connectivity index is 1.39. The Morgan fingerprint density at radius 2 is 1.92 bits per heavy atom. The molecule has 1 amide bonds. The SMILES string of the molecule is Nc1cc(-c2nc(C(=O)Nc3cc(C=NCCN4CCOCC4)c(N)cc3-c3ccc(F)cc3)cs2)ccn1. The van der Waals surface area contributed by atoms with E-state index in [0.717, 1.165) is 38.4 Å². The van der Waals surface area contributed by atoms with Crippen LogP contribution in [0.4, 0.5) is 21.6 Å². The van der Waals surface area contributed by atoms with Crippen molar-refractivity contribution in [3.05, 3.63) is 77.2 Å². The fourth-order valence-corrected chi connectivity index (χ4v) is 4.98. The van der Waals surface area contributed by atoms with Crippen LogP contribution in [0.3, 0.4) is 0 Å². The Bertz CT molecular complexity index is 1480.